The third-order valence-electron chi connectivity index (χ3n) is 3.09. The zero-order valence-electron chi connectivity index (χ0n) is 12.3. The van der Waals surface area contributed by atoms with Crippen LogP contribution in [-0.2, 0) is 11.2 Å². The summed E-state index contributed by atoms with van der Waals surface area (Å²) in [4.78, 5) is 29.6. The third-order valence-corrected chi connectivity index (χ3v) is 5.10. The van der Waals surface area contributed by atoms with E-state index in [9.17, 15) is 9.59 Å². The van der Waals surface area contributed by atoms with E-state index in [0.29, 0.717) is 21.3 Å². The van der Waals surface area contributed by atoms with E-state index in [1.54, 1.807) is 18.3 Å². The molecule has 2 heterocycles. The summed E-state index contributed by atoms with van der Waals surface area (Å²) >= 11 is 2.68. The Morgan fingerprint density at radius 2 is 2.10 bits per heavy atom. The van der Waals surface area contributed by atoms with Crippen molar-refractivity contribution in [1.29, 1.82) is 0 Å². The van der Waals surface area contributed by atoms with Crippen molar-refractivity contribution in [3.63, 3.8) is 0 Å². The summed E-state index contributed by atoms with van der Waals surface area (Å²) in [6, 6.07) is 0. The van der Waals surface area contributed by atoms with E-state index < -0.39 is 5.97 Å². The van der Waals surface area contributed by atoms with Crippen molar-refractivity contribution >= 4 is 39.7 Å². The van der Waals surface area contributed by atoms with Crippen LogP contribution in [0.1, 0.15) is 43.1 Å². The molecule has 0 saturated carbocycles. The van der Waals surface area contributed by atoms with Crippen molar-refractivity contribution in [2.24, 2.45) is 0 Å². The van der Waals surface area contributed by atoms with Crippen LogP contribution in [-0.4, -0.2) is 24.0 Å². The molecule has 112 valence electrons. The van der Waals surface area contributed by atoms with Gasteiger partial charge >= 0.3 is 5.97 Å². The smallest absolute Gasteiger partial charge is 0.350 e. The van der Waals surface area contributed by atoms with Gasteiger partial charge < -0.3 is 4.74 Å². The molecular formula is C14H16N2O3S2. The maximum Gasteiger partial charge on any atom is 0.350 e. The minimum atomic E-state index is -0.439. The summed E-state index contributed by atoms with van der Waals surface area (Å²) in [6.45, 7) is 5.74. The van der Waals surface area contributed by atoms with Crippen molar-refractivity contribution in [2.45, 2.75) is 27.2 Å². The molecule has 0 aliphatic carbocycles. The summed E-state index contributed by atoms with van der Waals surface area (Å²) < 4.78 is 4.68. The lowest BCUT2D eigenvalue weighted by Gasteiger charge is -2.02. The number of thiophene rings is 1. The van der Waals surface area contributed by atoms with Crippen molar-refractivity contribution in [2.75, 3.05) is 12.4 Å². The van der Waals surface area contributed by atoms with Crippen LogP contribution in [0.5, 0.6) is 0 Å². The number of methoxy groups -OCH3 is 1. The van der Waals surface area contributed by atoms with Gasteiger partial charge in [-0.05, 0) is 25.8 Å². The zero-order chi connectivity index (χ0) is 15.6. The number of carbonyl (C=O) groups excluding carboxylic acids is 2. The quantitative estimate of drug-likeness (QED) is 0.875. The Kier molecular flexibility index (Phi) is 4.74. The minimum Gasteiger partial charge on any atom is -0.465 e. The molecule has 0 saturated heterocycles. The van der Waals surface area contributed by atoms with Gasteiger partial charge in [0.15, 0.2) is 5.13 Å². The highest BCUT2D eigenvalue weighted by Gasteiger charge is 2.19. The molecular weight excluding hydrogens is 308 g/mol. The number of carbonyl (C=O) groups is 2. The van der Waals surface area contributed by atoms with Crippen LogP contribution in [0.4, 0.5) is 5.13 Å². The molecule has 0 atom stereocenters. The fourth-order valence-corrected chi connectivity index (χ4v) is 3.83. The molecule has 2 rings (SSSR count). The first-order chi connectivity index (χ1) is 9.97. The average molecular weight is 324 g/mol. The number of nitrogens with one attached hydrogen (secondary N) is 1. The Balaban J connectivity index is 2.22. The number of ether oxygens (including phenoxy) is 1. The number of hydrogen-bond donors (Lipinski definition) is 1. The summed E-state index contributed by atoms with van der Waals surface area (Å²) in [6.07, 6.45) is 0.808. The lowest BCUT2D eigenvalue weighted by atomic mass is 10.1. The van der Waals surface area contributed by atoms with Crippen molar-refractivity contribution in [1.82, 2.24) is 4.98 Å². The molecule has 0 aliphatic rings. The average Bonchev–Trinajstić information content (AvgIpc) is 3.00. The van der Waals surface area contributed by atoms with Gasteiger partial charge in [0.05, 0.1) is 18.4 Å². The Hall–Kier alpha value is -1.73. The molecule has 0 unspecified atom stereocenters. The standard InChI is InChI=1S/C14H16N2O3S2/c1-5-9-8(3)20-6-10(9)12(17)16-14-15-7(2)11(21-14)13(18)19-4/h6H,5H2,1-4H3,(H,15,16,17). The summed E-state index contributed by atoms with van der Waals surface area (Å²) in [5, 5.41) is 5.01. The molecule has 0 radical (unpaired) electrons. The molecule has 2 aromatic heterocycles. The number of anilines is 1. The van der Waals surface area contributed by atoms with Gasteiger partial charge in [0.2, 0.25) is 0 Å². The van der Waals surface area contributed by atoms with Crippen molar-refractivity contribution in [3.05, 3.63) is 32.0 Å². The monoisotopic (exact) mass is 324 g/mol. The molecule has 2 aromatic rings. The summed E-state index contributed by atoms with van der Waals surface area (Å²) in [5.41, 5.74) is 2.28. The van der Waals surface area contributed by atoms with Gasteiger partial charge in [-0.2, -0.15) is 0 Å². The molecule has 5 nitrogen and oxygen atoms in total. The lowest BCUT2D eigenvalue weighted by molar-refractivity contribution is 0.0605. The third kappa shape index (κ3) is 3.14. The van der Waals surface area contributed by atoms with Gasteiger partial charge in [-0.1, -0.05) is 18.3 Å². The van der Waals surface area contributed by atoms with E-state index in [4.69, 9.17) is 0 Å². The highest BCUT2D eigenvalue weighted by Crippen LogP contribution is 2.26. The first-order valence-corrected chi connectivity index (χ1v) is 8.11. The Labute approximate surface area is 131 Å². The second-order valence-electron chi connectivity index (χ2n) is 4.42. The number of esters is 1. The SMILES string of the molecule is CCc1c(C(=O)Nc2nc(C)c(C(=O)OC)s2)csc1C. The zero-order valence-corrected chi connectivity index (χ0v) is 13.9. The number of nitrogens with zero attached hydrogens (tertiary/aromatic N) is 1. The molecule has 0 fully saturated rings. The normalized spacial score (nSPS) is 10.5. The van der Waals surface area contributed by atoms with Crippen LogP contribution in [0.25, 0.3) is 0 Å². The van der Waals surface area contributed by atoms with Gasteiger partial charge in [-0.3, -0.25) is 10.1 Å². The highest BCUT2D eigenvalue weighted by molar-refractivity contribution is 7.17. The first-order valence-electron chi connectivity index (χ1n) is 6.42. The molecule has 0 aliphatic heterocycles. The Morgan fingerprint density at radius 1 is 1.38 bits per heavy atom. The predicted molar refractivity (Wildman–Crippen MR) is 84.6 cm³/mol. The van der Waals surface area contributed by atoms with E-state index in [1.165, 1.54) is 7.11 Å². The van der Waals surface area contributed by atoms with Crippen LogP contribution in [0.15, 0.2) is 5.38 Å². The second kappa shape index (κ2) is 6.36. The summed E-state index contributed by atoms with van der Waals surface area (Å²) in [7, 11) is 1.32. The van der Waals surface area contributed by atoms with Gasteiger partial charge in [0, 0.05) is 10.3 Å². The topological polar surface area (TPSA) is 68.3 Å². The molecule has 0 spiro atoms. The van der Waals surface area contributed by atoms with E-state index in [1.807, 2.05) is 19.2 Å². The maximum absolute atomic E-state index is 12.3. The van der Waals surface area contributed by atoms with Crippen LogP contribution in [0.3, 0.4) is 0 Å². The van der Waals surface area contributed by atoms with E-state index in [-0.39, 0.29) is 5.91 Å². The van der Waals surface area contributed by atoms with Crippen molar-refractivity contribution < 1.29 is 14.3 Å². The van der Waals surface area contributed by atoms with E-state index >= 15 is 0 Å². The number of rotatable bonds is 4. The molecule has 21 heavy (non-hydrogen) atoms. The lowest BCUT2D eigenvalue weighted by Crippen LogP contribution is -2.12. The Morgan fingerprint density at radius 3 is 2.71 bits per heavy atom. The first kappa shape index (κ1) is 15.7. The minimum absolute atomic E-state index is 0.193. The molecule has 0 bridgehead atoms. The van der Waals surface area contributed by atoms with Gasteiger partial charge in [0.25, 0.3) is 5.91 Å². The molecule has 0 aromatic carbocycles. The molecule has 1 amide bonds. The van der Waals surface area contributed by atoms with Crippen LogP contribution in [0, 0.1) is 13.8 Å². The van der Waals surface area contributed by atoms with E-state index in [0.717, 1.165) is 28.2 Å². The highest BCUT2D eigenvalue weighted by atomic mass is 32.1. The fourth-order valence-electron chi connectivity index (χ4n) is 2.01. The Bertz CT molecular complexity index is 688. The number of aromatic nitrogens is 1. The largest absolute Gasteiger partial charge is 0.465 e. The fraction of sp³-hybridized carbons (Fsp3) is 0.357. The van der Waals surface area contributed by atoms with Gasteiger partial charge in [0.1, 0.15) is 4.88 Å². The van der Waals surface area contributed by atoms with Crippen LogP contribution >= 0.6 is 22.7 Å². The maximum atomic E-state index is 12.3. The number of thiazole rings is 1. The summed E-state index contributed by atoms with van der Waals surface area (Å²) in [5.74, 6) is -0.632. The number of amides is 1. The van der Waals surface area contributed by atoms with Gasteiger partial charge in [-0.25, -0.2) is 9.78 Å². The molecule has 1 N–H and O–H groups in total. The van der Waals surface area contributed by atoms with E-state index in [2.05, 4.69) is 15.0 Å². The van der Waals surface area contributed by atoms with Gasteiger partial charge in [-0.15, -0.1) is 11.3 Å². The predicted octanol–water partition coefficient (Wildman–Crippen LogP) is 3.42. The number of hydrogen-bond acceptors (Lipinski definition) is 6. The van der Waals surface area contributed by atoms with Crippen molar-refractivity contribution in [3.8, 4) is 0 Å². The second-order valence-corrected chi connectivity index (χ2v) is 6.50. The molecule has 7 heteroatoms. The van der Waals surface area contributed by atoms with Crippen LogP contribution < -0.4 is 5.32 Å². The van der Waals surface area contributed by atoms with Crippen LogP contribution in [0.2, 0.25) is 0 Å². The number of aryl methyl sites for hydroxylation is 2.